The molecule has 0 fully saturated rings. The highest BCUT2D eigenvalue weighted by molar-refractivity contribution is 5.14. The maximum absolute atomic E-state index is 8.65. The largest absolute Gasteiger partial charge is 0.396 e. The zero-order valence-corrected chi connectivity index (χ0v) is 7.82. The molecule has 1 aromatic carbocycles. The average molecular weight is 179 g/mol. The Hall–Kier alpha value is -0.860. The summed E-state index contributed by atoms with van der Waals surface area (Å²) in [6.45, 7) is 0.190. The molecule has 0 saturated carbocycles. The van der Waals surface area contributed by atoms with E-state index in [1.165, 1.54) is 5.56 Å². The summed E-state index contributed by atoms with van der Waals surface area (Å²) in [7, 11) is 0. The van der Waals surface area contributed by atoms with Crippen molar-refractivity contribution in [2.45, 2.75) is 25.3 Å². The summed E-state index contributed by atoms with van der Waals surface area (Å²) >= 11 is 0. The highest BCUT2D eigenvalue weighted by Crippen LogP contribution is 2.05. The van der Waals surface area contributed by atoms with Crippen molar-refractivity contribution in [2.24, 2.45) is 5.73 Å². The molecule has 0 aliphatic rings. The van der Waals surface area contributed by atoms with Crippen LogP contribution in [0.15, 0.2) is 30.3 Å². The molecule has 1 atom stereocenters. The van der Waals surface area contributed by atoms with Gasteiger partial charge in [0.25, 0.3) is 0 Å². The lowest BCUT2D eigenvalue weighted by atomic mass is 10.0. The van der Waals surface area contributed by atoms with Gasteiger partial charge in [-0.15, -0.1) is 0 Å². The second-order valence-corrected chi connectivity index (χ2v) is 3.30. The van der Waals surface area contributed by atoms with Gasteiger partial charge in [-0.1, -0.05) is 30.3 Å². The highest BCUT2D eigenvalue weighted by atomic mass is 16.3. The van der Waals surface area contributed by atoms with Crippen molar-refractivity contribution in [3.63, 3.8) is 0 Å². The Kier molecular flexibility index (Phi) is 4.50. The zero-order valence-electron chi connectivity index (χ0n) is 7.82. The van der Waals surface area contributed by atoms with Crippen molar-refractivity contribution in [3.8, 4) is 0 Å². The first-order chi connectivity index (χ1) is 6.33. The van der Waals surface area contributed by atoms with Crippen LogP contribution in [0.2, 0.25) is 0 Å². The minimum Gasteiger partial charge on any atom is -0.396 e. The Balaban J connectivity index is 2.27. The third-order valence-corrected chi connectivity index (χ3v) is 2.15. The van der Waals surface area contributed by atoms with Gasteiger partial charge in [-0.3, -0.25) is 0 Å². The normalized spacial score (nSPS) is 12.8. The van der Waals surface area contributed by atoms with Gasteiger partial charge in [0.1, 0.15) is 0 Å². The van der Waals surface area contributed by atoms with Crippen LogP contribution in [0, 0.1) is 0 Å². The Labute approximate surface area is 79.4 Å². The molecule has 0 bridgehead atoms. The molecule has 0 aliphatic heterocycles. The third-order valence-electron chi connectivity index (χ3n) is 2.15. The van der Waals surface area contributed by atoms with Crippen LogP contribution in [0.3, 0.4) is 0 Å². The molecular weight excluding hydrogens is 162 g/mol. The number of aliphatic hydroxyl groups excluding tert-OH is 1. The molecule has 0 spiro atoms. The second-order valence-electron chi connectivity index (χ2n) is 3.30. The van der Waals surface area contributed by atoms with Crippen LogP contribution in [0.4, 0.5) is 0 Å². The molecule has 72 valence electrons. The molecule has 1 rings (SSSR count). The molecule has 3 N–H and O–H groups in total. The maximum Gasteiger partial charge on any atom is 0.0445 e. The Morgan fingerprint density at radius 2 is 1.85 bits per heavy atom. The lowest BCUT2D eigenvalue weighted by molar-refractivity contribution is 0.273. The lowest BCUT2D eigenvalue weighted by Crippen LogP contribution is -2.21. The molecule has 0 unspecified atom stereocenters. The molecule has 0 radical (unpaired) electrons. The third kappa shape index (κ3) is 4.06. The first-order valence-electron chi connectivity index (χ1n) is 4.73. The molecule has 13 heavy (non-hydrogen) atoms. The number of nitrogens with two attached hydrogens (primary N) is 1. The monoisotopic (exact) mass is 179 g/mol. The first kappa shape index (κ1) is 10.2. The lowest BCUT2D eigenvalue weighted by Gasteiger charge is -2.08. The quantitative estimate of drug-likeness (QED) is 0.716. The van der Waals surface area contributed by atoms with Gasteiger partial charge < -0.3 is 10.8 Å². The standard InChI is InChI=1S/C11H17NO/c12-11(8-9-13)7-6-10-4-2-1-3-5-10/h1-5,11,13H,6-9,12H2/t11-/m0/s1. The summed E-state index contributed by atoms with van der Waals surface area (Å²) in [5.41, 5.74) is 7.09. The highest BCUT2D eigenvalue weighted by Gasteiger charge is 2.01. The summed E-state index contributed by atoms with van der Waals surface area (Å²) in [4.78, 5) is 0. The Morgan fingerprint density at radius 3 is 2.46 bits per heavy atom. The van der Waals surface area contributed by atoms with Crippen LogP contribution in [0.1, 0.15) is 18.4 Å². The average Bonchev–Trinajstić information content (AvgIpc) is 2.17. The Bertz CT molecular complexity index is 223. The van der Waals surface area contributed by atoms with E-state index in [1.807, 2.05) is 18.2 Å². The predicted octanol–water partition coefficient (Wildman–Crippen LogP) is 1.33. The van der Waals surface area contributed by atoms with Crippen LogP contribution >= 0.6 is 0 Å². The van der Waals surface area contributed by atoms with Crippen LogP contribution in [0.5, 0.6) is 0 Å². The second kappa shape index (κ2) is 5.73. The van der Waals surface area contributed by atoms with E-state index in [4.69, 9.17) is 10.8 Å². The SMILES string of the molecule is N[C@H](CCO)CCc1ccccc1. The Morgan fingerprint density at radius 1 is 1.15 bits per heavy atom. The molecule has 0 heterocycles. The van der Waals surface area contributed by atoms with E-state index in [2.05, 4.69) is 12.1 Å². The van der Waals surface area contributed by atoms with Crippen molar-refractivity contribution in [3.05, 3.63) is 35.9 Å². The van der Waals surface area contributed by atoms with E-state index < -0.39 is 0 Å². The molecule has 0 saturated heterocycles. The van der Waals surface area contributed by atoms with E-state index in [9.17, 15) is 0 Å². The van der Waals surface area contributed by atoms with Crippen LogP contribution < -0.4 is 5.73 Å². The molecule has 2 nitrogen and oxygen atoms in total. The summed E-state index contributed by atoms with van der Waals surface area (Å²) < 4.78 is 0. The predicted molar refractivity (Wildman–Crippen MR) is 54.4 cm³/mol. The van der Waals surface area contributed by atoms with Gasteiger partial charge in [-0.25, -0.2) is 0 Å². The number of benzene rings is 1. The van der Waals surface area contributed by atoms with Crippen molar-refractivity contribution in [1.29, 1.82) is 0 Å². The van der Waals surface area contributed by atoms with Crippen molar-refractivity contribution in [1.82, 2.24) is 0 Å². The van der Waals surface area contributed by atoms with E-state index in [0.717, 1.165) is 12.8 Å². The molecular formula is C11H17NO. The molecule has 2 heteroatoms. The molecule has 1 aromatic rings. The topological polar surface area (TPSA) is 46.2 Å². The molecule has 0 amide bonds. The fourth-order valence-electron chi connectivity index (χ4n) is 1.31. The van der Waals surface area contributed by atoms with Gasteiger partial charge in [-0.2, -0.15) is 0 Å². The van der Waals surface area contributed by atoms with Gasteiger partial charge in [-0.05, 0) is 24.8 Å². The van der Waals surface area contributed by atoms with E-state index in [-0.39, 0.29) is 12.6 Å². The summed E-state index contributed by atoms with van der Waals surface area (Å²) in [6, 6.07) is 10.4. The van der Waals surface area contributed by atoms with E-state index >= 15 is 0 Å². The number of aryl methyl sites for hydroxylation is 1. The zero-order chi connectivity index (χ0) is 9.52. The summed E-state index contributed by atoms with van der Waals surface area (Å²) in [6.07, 6.45) is 2.65. The van der Waals surface area contributed by atoms with Gasteiger partial charge in [0.15, 0.2) is 0 Å². The van der Waals surface area contributed by atoms with Gasteiger partial charge in [0.2, 0.25) is 0 Å². The van der Waals surface area contributed by atoms with Crippen molar-refractivity contribution < 1.29 is 5.11 Å². The molecule has 0 aromatic heterocycles. The summed E-state index contributed by atoms with van der Waals surface area (Å²) in [5, 5.41) is 8.65. The number of hydrogen-bond acceptors (Lipinski definition) is 2. The van der Waals surface area contributed by atoms with Gasteiger partial charge in [0.05, 0.1) is 0 Å². The fraction of sp³-hybridized carbons (Fsp3) is 0.455. The van der Waals surface area contributed by atoms with Crippen LogP contribution in [-0.2, 0) is 6.42 Å². The fourth-order valence-corrected chi connectivity index (χ4v) is 1.31. The number of rotatable bonds is 5. The number of hydrogen-bond donors (Lipinski definition) is 2. The van der Waals surface area contributed by atoms with Gasteiger partial charge >= 0.3 is 0 Å². The maximum atomic E-state index is 8.65. The minimum atomic E-state index is 0.130. The summed E-state index contributed by atoms with van der Waals surface area (Å²) in [5.74, 6) is 0. The first-order valence-corrected chi connectivity index (χ1v) is 4.73. The van der Waals surface area contributed by atoms with E-state index in [1.54, 1.807) is 0 Å². The van der Waals surface area contributed by atoms with Crippen LogP contribution in [0.25, 0.3) is 0 Å². The van der Waals surface area contributed by atoms with Crippen LogP contribution in [-0.4, -0.2) is 17.8 Å². The minimum absolute atomic E-state index is 0.130. The van der Waals surface area contributed by atoms with E-state index in [0.29, 0.717) is 6.42 Å². The number of aliphatic hydroxyl groups is 1. The van der Waals surface area contributed by atoms with Gasteiger partial charge in [0, 0.05) is 12.6 Å². The molecule has 0 aliphatic carbocycles. The van der Waals surface area contributed by atoms with Crippen molar-refractivity contribution in [2.75, 3.05) is 6.61 Å². The van der Waals surface area contributed by atoms with Crippen molar-refractivity contribution >= 4 is 0 Å². The smallest absolute Gasteiger partial charge is 0.0445 e.